The Morgan fingerprint density at radius 1 is 1.18 bits per heavy atom. The minimum atomic E-state index is 0.174. The Morgan fingerprint density at radius 2 is 1.93 bits per heavy atom. The first-order valence-electron chi connectivity index (χ1n) is 10.3. The molecule has 0 bridgehead atoms. The molecular formula is C23H28BrN3O. The molecule has 148 valence electrons. The normalized spacial score (nSPS) is 22.8. The average molecular weight is 442 g/mol. The molecule has 1 aliphatic carbocycles. The Hall–Kier alpha value is -1.72. The van der Waals surface area contributed by atoms with Crippen molar-refractivity contribution in [3.63, 3.8) is 0 Å². The molecule has 5 heteroatoms. The van der Waals surface area contributed by atoms with Crippen molar-refractivity contribution in [3.8, 4) is 0 Å². The van der Waals surface area contributed by atoms with Crippen LogP contribution in [-0.4, -0.2) is 53.4 Å². The van der Waals surface area contributed by atoms with E-state index in [-0.39, 0.29) is 5.92 Å². The van der Waals surface area contributed by atoms with Gasteiger partial charge in [-0.25, -0.2) is 0 Å². The van der Waals surface area contributed by atoms with Gasteiger partial charge in [0.15, 0.2) is 0 Å². The highest BCUT2D eigenvalue weighted by Crippen LogP contribution is 2.48. The van der Waals surface area contributed by atoms with Crippen molar-refractivity contribution in [2.45, 2.75) is 37.6 Å². The fraction of sp³-hybridized carbons (Fsp3) is 0.478. The Labute approximate surface area is 176 Å². The van der Waals surface area contributed by atoms with Crippen LogP contribution in [0.3, 0.4) is 0 Å². The number of hydrogen-bond donors (Lipinski definition) is 0. The van der Waals surface area contributed by atoms with E-state index < -0.39 is 0 Å². The zero-order chi connectivity index (χ0) is 19.5. The topological polar surface area (TPSA) is 36.4 Å². The van der Waals surface area contributed by atoms with Crippen molar-refractivity contribution in [1.29, 1.82) is 0 Å². The smallest absolute Gasteiger partial charge is 0.226 e. The number of rotatable bonds is 6. The van der Waals surface area contributed by atoms with Gasteiger partial charge in [0, 0.05) is 61.4 Å². The number of halogens is 1. The fourth-order valence-electron chi connectivity index (χ4n) is 4.34. The zero-order valence-electron chi connectivity index (χ0n) is 16.4. The van der Waals surface area contributed by atoms with Crippen molar-refractivity contribution >= 4 is 21.8 Å². The Balaban J connectivity index is 1.23. The molecule has 1 aromatic carbocycles. The second kappa shape index (κ2) is 8.75. The molecule has 1 saturated carbocycles. The fourth-order valence-corrected chi connectivity index (χ4v) is 4.60. The van der Waals surface area contributed by atoms with Gasteiger partial charge in [0.1, 0.15) is 0 Å². The molecule has 4 rings (SSSR count). The summed E-state index contributed by atoms with van der Waals surface area (Å²) in [7, 11) is 2.01. The molecule has 28 heavy (non-hydrogen) atoms. The van der Waals surface area contributed by atoms with Gasteiger partial charge in [-0.15, -0.1) is 0 Å². The average Bonchev–Trinajstić information content (AvgIpc) is 3.54. The summed E-state index contributed by atoms with van der Waals surface area (Å²) in [5, 5.41) is 0. The maximum atomic E-state index is 12.9. The molecule has 2 heterocycles. The van der Waals surface area contributed by atoms with Crippen molar-refractivity contribution in [2.75, 3.05) is 26.7 Å². The van der Waals surface area contributed by atoms with E-state index in [1.165, 1.54) is 5.56 Å². The maximum absolute atomic E-state index is 12.9. The Morgan fingerprint density at radius 3 is 2.61 bits per heavy atom. The second-order valence-electron chi connectivity index (χ2n) is 8.09. The quantitative estimate of drug-likeness (QED) is 0.676. The van der Waals surface area contributed by atoms with E-state index >= 15 is 0 Å². The van der Waals surface area contributed by atoms with Gasteiger partial charge in [-0.1, -0.05) is 34.1 Å². The third-order valence-corrected chi connectivity index (χ3v) is 6.80. The SMILES string of the molecule is CN(C(=O)C1CC1c1ccc(Br)cc1)C1CCN(CCc2ccccn2)CC1. The first-order valence-corrected chi connectivity index (χ1v) is 11.1. The number of benzene rings is 1. The van der Waals surface area contributed by atoms with Crippen LogP contribution in [0.5, 0.6) is 0 Å². The lowest BCUT2D eigenvalue weighted by atomic mass is 10.0. The Kier molecular flexibility index (Phi) is 6.12. The van der Waals surface area contributed by atoms with E-state index in [1.54, 1.807) is 0 Å². The van der Waals surface area contributed by atoms with Crippen molar-refractivity contribution in [1.82, 2.24) is 14.8 Å². The minimum absolute atomic E-state index is 0.174. The highest BCUT2D eigenvalue weighted by atomic mass is 79.9. The summed E-state index contributed by atoms with van der Waals surface area (Å²) in [6.45, 7) is 3.18. The molecule has 2 unspecified atom stereocenters. The minimum Gasteiger partial charge on any atom is -0.342 e. The van der Waals surface area contributed by atoms with Crippen LogP contribution in [0.4, 0.5) is 0 Å². The summed E-state index contributed by atoms with van der Waals surface area (Å²) in [5.74, 6) is 0.912. The van der Waals surface area contributed by atoms with Gasteiger partial charge in [-0.3, -0.25) is 9.78 Å². The molecule has 1 saturated heterocycles. The van der Waals surface area contributed by atoms with E-state index in [2.05, 4.69) is 62.2 Å². The molecule has 0 N–H and O–H groups in total. The zero-order valence-corrected chi connectivity index (χ0v) is 18.0. The van der Waals surface area contributed by atoms with E-state index in [1.807, 2.05) is 24.2 Å². The summed E-state index contributed by atoms with van der Waals surface area (Å²) in [5.41, 5.74) is 2.45. The van der Waals surface area contributed by atoms with Gasteiger partial charge in [-0.05, 0) is 55.0 Å². The van der Waals surface area contributed by atoms with Crippen molar-refractivity contribution in [2.24, 2.45) is 5.92 Å². The molecule has 2 aromatic rings. The van der Waals surface area contributed by atoms with Crippen molar-refractivity contribution < 1.29 is 4.79 Å². The maximum Gasteiger partial charge on any atom is 0.226 e. The van der Waals surface area contributed by atoms with Crippen LogP contribution >= 0.6 is 15.9 Å². The third kappa shape index (κ3) is 4.64. The van der Waals surface area contributed by atoms with E-state index in [4.69, 9.17) is 0 Å². The largest absolute Gasteiger partial charge is 0.342 e. The van der Waals surface area contributed by atoms with Crippen LogP contribution < -0.4 is 0 Å². The highest BCUT2D eigenvalue weighted by Gasteiger charge is 2.46. The molecule has 4 nitrogen and oxygen atoms in total. The summed E-state index contributed by atoms with van der Waals surface area (Å²) < 4.78 is 1.09. The standard InChI is InChI=1S/C23H28BrN3O/c1-26(23(28)22-16-21(22)17-5-7-18(24)8-6-17)20-10-14-27(15-11-20)13-9-19-4-2-3-12-25-19/h2-8,12,20-22H,9-11,13-16H2,1H3. The first kappa shape index (κ1) is 19.6. The van der Waals surface area contributed by atoms with Crippen molar-refractivity contribution in [3.05, 3.63) is 64.4 Å². The summed E-state index contributed by atoms with van der Waals surface area (Å²) >= 11 is 3.48. The van der Waals surface area contributed by atoms with Gasteiger partial charge < -0.3 is 9.80 Å². The van der Waals surface area contributed by atoms with Crippen LogP contribution in [0.2, 0.25) is 0 Å². The van der Waals surface area contributed by atoms with Gasteiger partial charge in [0.05, 0.1) is 0 Å². The van der Waals surface area contributed by atoms with E-state index in [9.17, 15) is 4.79 Å². The molecule has 1 aliphatic heterocycles. The molecule has 2 aliphatic rings. The van der Waals surface area contributed by atoms with Crippen LogP contribution in [-0.2, 0) is 11.2 Å². The monoisotopic (exact) mass is 441 g/mol. The third-order valence-electron chi connectivity index (χ3n) is 6.27. The number of carbonyl (C=O) groups is 1. The lowest BCUT2D eigenvalue weighted by Gasteiger charge is -2.37. The summed E-state index contributed by atoms with van der Waals surface area (Å²) in [4.78, 5) is 21.9. The summed E-state index contributed by atoms with van der Waals surface area (Å²) in [6.07, 6.45) is 5.99. The van der Waals surface area contributed by atoms with Gasteiger partial charge in [0.25, 0.3) is 0 Å². The number of amides is 1. The predicted molar refractivity (Wildman–Crippen MR) is 115 cm³/mol. The molecule has 2 atom stereocenters. The van der Waals surface area contributed by atoms with Crippen LogP contribution in [0.1, 0.15) is 36.4 Å². The van der Waals surface area contributed by atoms with E-state index in [0.717, 1.165) is 55.5 Å². The Bertz CT molecular complexity index is 787. The lowest BCUT2D eigenvalue weighted by Crippen LogP contribution is -2.46. The number of pyridine rings is 1. The lowest BCUT2D eigenvalue weighted by molar-refractivity contribution is -0.134. The number of nitrogens with zero attached hydrogens (tertiary/aromatic N) is 3. The molecule has 2 fully saturated rings. The van der Waals surface area contributed by atoms with Crippen LogP contribution in [0.15, 0.2) is 53.1 Å². The number of carbonyl (C=O) groups excluding carboxylic acids is 1. The van der Waals surface area contributed by atoms with Gasteiger partial charge in [-0.2, -0.15) is 0 Å². The second-order valence-corrected chi connectivity index (χ2v) is 9.01. The number of likely N-dealkylation sites (tertiary alicyclic amines) is 1. The predicted octanol–water partition coefficient (Wildman–Crippen LogP) is 4.11. The summed E-state index contributed by atoms with van der Waals surface area (Å²) in [6, 6.07) is 14.9. The number of piperidine rings is 1. The van der Waals surface area contributed by atoms with E-state index in [0.29, 0.717) is 17.9 Å². The number of aromatic nitrogens is 1. The molecule has 0 spiro atoms. The molecule has 1 aromatic heterocycles. The van der Waals surface area contributed by atoms with Crippen LogP contribution in [0, 0.1) is 5.92 Å². The molecule has 0 radical (unpaired) electrons. The molecular weight excluding hydrogens is 414 g/mol. The van der Waals surface area contributed by atoms with Gasteiger partial charge in [0.2, 0.25) is 5.91 Å². The number of hydrogen-bond acceptors (Lipinski definition) is 3. The van der Waals surface area contributed by atoms with Crippen LogP contribution in [0.25, 0.3) is 0 Å². The molecule has 1 amide bonds. The van der Waals surface area contributed by atoms with Gasteiger partial charge >= 0.3 is 0 Å². The highest BCUT2D eigenvalue weighted by molar-refractivity contribution is 9.10. The first-order chi connectivity index (χ1) is 13.6.